The third-order valence-corrected chi connectivity index (χ3v) is 2.83. The molecule has 86 valence electrons. The first kappa shape index (κ1) is 11.1. The van der Waals surface area contributed by atoms with E-state index < -0.39 is 0 Å². The minimum absolute atomic E-state index is 0.595. The highest BCUT2D eigenvalue weighted by Gasteiger charge is 2.11. The van der Waals surface area contributed by atoms with E-state index in [1.165, 1.54) is 11.5 Å². The van der Waals surface area contributed by atoms with Crippen molar-refractivity contribution in [2.45, 2.75) is 20.8 Å². The van der Waals surface area contributed by atoms with Crippen LogP contribution in [0.3, 0.4) is 0 Å². The summed E-state index contributed by atoms with van der Waals surface area (Å²) < 4.78 is 9.61. The van der Waals surface area contributed by atoms with Gasteiger partial charge in [0.15, 0.2) is 5.76 Å². The zero-order valence-electron chi connectivity index (χ0n) is 9.65. The number of furan rings is 1. The Labute approximate surface area is 98.9 Å². The molecule has 0 fully saturated rings. The number of aryl methyl sites for hydroxylation is 1. The number of nitrogens with one attached hydrogen (secondary N) is 1. The Morgan fingerprint density at radius 1 is 1.50 bits per heavy atom. The van der Waals surface area contributed by atoms with Gasteiger partial charge in [0, 0.05) is 18.1 Å². The average Bonchev–Trinajstić information content (AvgIpc) is 2.83. The average molecular weight is 237 g/mol. The van der Waals surface area contributed by atoms with E-state index in [9.17, 15) is 0 Å². The quantitative estimate of drug-likeness (QED) is 0.887. The molecular formula is C11H15N3OS. The maximum atomic E-state index is 5.34. The van der Waals surface area contributed by atoms with Gasteiger partial charge in [0.1, 0.15) is 0 Å². The van der Waals surface area contributed by atoms with Crippen molar-refractivity contribution in [1.82, 2.24) is 9.36 Å². The third-order valence-electron chi connectivity index (χ3n) is 2.15. The Bertz CT molecular complexity index is 461. The highest BCUT2D eigenvalue weighted by Crippen LogP contribution is 2.24. The fraction of sp³-hybridized carbons (Fsp3) is 0.455. The number of hydrogen-bond donors (Lipinski definition) is 1. The summed E-state index contributed by atoms with van der Waals surface area (Å²) in [6.45, 7) is 7.21. The van der Waals surface area contributed by atoms with Crippen molar-refractivity contribution in [2.75, 3.05) is 11.9 Å². The minimum Gasteiger partial charge on any atom is -0.461 e. The molecule has 4 nitrogen and oxygen atoms in total. The fourth-order valence-electron chi connectivity index (χ4n) is 1.28. The van der Waals surface area contributed by atoms with Gasteiger partial charge in [-0.3, -0.25) is 0 Å². The van der Waals surface area contributed by atoms with Gasteiger partial charge in [-0.25, -0.2) is 0 Å². The van der Waals surface area contributed by atoms with E-state index in [-0.39, 0.29) is 0 Å². The highest BCUT2D eigenvalue weighted by atomic mass is 32.1. The number of rotatable bonds is 4. The molecule has 0 amide bonds. The molecule has 0 unspecified atom stereocenters. The molecule has 0 saturated heterocycles. The smallest absolute Gasteiger partial charge is 0.210 e. The normalized spacial score (nSPS) is 11.0. The van der Waals surface area contributed by atoms with E-state index in [1.54, 1.807) is 6.26 Å². The summed E-state index contributed by atoms with van der Waals surface area (Å²) in [4.78, 5) is 4.39. The van der Waals surface area contributed by atoms with Gasteiger partial charge in [0.2, 0.25) is 11.0 Å². The zero-order valence-corrected chi connectivity index (χ0v) is 10.5. The minimum atomic E-state index is 0.595. The summed E-state index contributed by atoms with van der Waals surface area (Å²) in [6.07, 6.45) is 1.66. The largest absolute Gasteiger partial charge is 0.461 e. The summed E-state index contributed by atoms with van der Waals surface area (Å²) in [5.74, 6) is 2.02. The van der Waals surface area contributed by atoms with Gasteiger partial charge in [-0.05, 0) is 24.5 Å². The summed E-state index contributed by atoms with van der Waals surface area (Å²) in [7, 11) is 0. The van der Waals surface area contributed by atoms with E-state index in [1.807, 2.05) is 13.0 Å². The Balaban J connectivity index is 2.11. The lowest BCUT2D eigenvalue weighted by atomic mass is 10.2. The topological polar surface area (TPSA) is 51.0 Å². The number of nitrogens with zero attached hydrogens (tertiary/aromatic N) is 2. The van der Waals surface area contributed by atoms with Crippen LogP contribution in [0.2, 0.25) is 0 Å². The number of aromatic nitrogens is 2. The second kappa shape index (κ2) is 4.65. The summed E-state index contributed by atoms with van der Waals surface area (Å²) in [5.41, 5.74) is 1.06. The van der Waals surface area contributed by atoms with Crippen molar-refractivity contribution in [3.05, 3.63) is 17.9 Å². The van der Waals surface area contributed by atoms with Crippen LogP contribution in [0.15, 0.2) is 16.7 Å². The van der Waals surface area contributed by atoms with Crippen molar-refractivity contribution >= 4 is 16.7 Å². The fourth-order valence-corrected chi connectivity index (χ4v) is 1.85. The molecule has 2 aromatic heterocycles. The van der Waals surface area contributed by atoms with Crippen LogP contribution in [-0.4, -0.2) is 15.9 Å². The third kappa shape index (κ3) is 2.41. The molecule has 0 aliphatic carbocycles. The molecule has 0 aromatic carbocycles. The molecular weight excluding hydrogens is 222 g/mol. The zero-order chi connectivity index (χ0) is 11.5. The van der Waals surface area contributed by atoms with Crippen molar-refractivity contribution in [1.29, 1.82) is 0 Å². The molecule has 16 heavy (non-hydrogen) atoms. The monoisotopic (exact) mass is 237 g/mol. The molecule has 0 aliphatic rings. The molecule has 2 heterocycles. The van der Waals surface area contributed by atoms with E-state index in [4.69, 9.17) is 4.42 Å². The van der Waals surface area contributed by atoms with Gasteiger partial charge in [-0.15, -0.1) is 0 Å². The molecule has 0 atom stereocenters. The summed E-state index contributed by atoms with van der Waals surface area (Å²) >= 11 is 1.37. The van der Waals surface area contributed by atoms with Gasteiger partial charge in [-0.2, -0.15) is 9.36 Å². The van der Waals surface area contributed by atoms with Gasteiger partial charge in [0.05, 0.1) is 6.26 Å². The Morgan fingerprint density at radius 2 is 2.31 bits per heavy atom. The highest BCUT2D eigenvalue weighted by molar-refractivity contribution is 7.09. The Hall–Kier alpha value is -1.36. The Kier molecular flexibility index (Phi) is 3.24. The second-order valence-corrected chi connectivity index (χ2v) is 4.88. The predicted molar refractivity (Wildman–Crippen MR) is 65.7 cm³/mol. The van der Waals surface area contributed by atoms with Crippen molar-refractivity contribution in [3.8, 4) is 11.6 Å². The van der Waals surface area contributed by atoms with E-state index in [0.29, 0.717) is 11.7 Å². The van der Waals surface area contributed by atoms with Crippen LogP contribution in [-0.2, 0) is 0 Å². The van der Waals surface area contributed by atoms with Gasteiger partial charge in [0.25, 0.3) is 0 Å². The maximum Gasteiger partial charge on any atom is 0.210 e. The molecule has 0 spiro atoms. The molecule has 0 bridgehead atoms. The number of hydrogen-bond acceptors (Lipinski definition) is 5. The summed E-state index contributed by atoms with van der Waals surface area (Å²) in [5, 5.41) is 4.10. The lowest BCUT2D eigenvalue weighted by molar-refractivity contribution is 0.577. The molecule has 0 radical (unpaired) electrons. The van der Waals surface area contributed by atoms with Crippen LogP contribution in [0.25, 0.3) is 11.6 Å². The van der Waals surface area contributed by atoms with Crippen molar-refractivity contribution in [3.63, 3.8) is 0 Å². The Morgan fingerprint density at radius 3 is 2.94 bits per heavy atom. The van der Waals surface area contributed by atoms with Crippen LogP contribution < -0.4 is 5.32 Å². The van der Waals surface area contributed by atoms with Crippen LogP contribution in [0.4, 0.5) is 5.13 Å². The SMILES string of the molecule is Cc1ccoc1-c1nsc(NCC(C)C)n1. The van der Waals surface area contributed by atoms with Gasteiger partial charge < -0.3 is 9.73 Å². The molecule has 2 rings (SSSR count). The van der Waals surface area contributed by atoms with Crippen molar-refractivity contribution < 1.29 is 4.42 Å². The van der Waals surface area contributed by atoms with E-state index in [0.717, 1.165) is 23.0 Å². The standard InChI is InChI=1S/C11H15N3OS/c1-7(2)6-12-11-13-10(14-16-11)9-8(3)4-5-15-9/h4-5,7H,6H2,1-3H3,(H,12,13,14). The van der Waals surface area contributed by atoms with E-state index >= 15 is 0 Å². The lowest BCUT2D eigenvalue weighted by Gasteiger charge is -2.03. The van der Waals surface area contributed by atoms with Gasteiger partial charge >= 0.3 is 0 Å². The van der Waals surface area contributed by atoms with Crippen molar-refractivity contribution in [2.24, 2.45) is 5.92 Å². The second-order valence-electron chi connectivity index (χ2n) is 4.13. The molecule has 0 aliphatic heterocycles. The molecule has 0 saturated carbocycles. The van der Waals surface area contributed by atoms with Crippen LogP contribution in [0.5, 0.6) is 0 Å². The first-order valence-corrected chi connectivity index (χ1v) is 6.06. The van der Waals surface area contributed by atoms with E-state index in [2.05, 4.69) is 28.5 Å². The van der Waals surface area contributed by atoms with Gasteiger partial charge in [-0.1, -0.05) is 13.8 Å². The lowest BCUT2D eigenvalue weighted by Crippen LogP contribution is -2.07. The van der Waals surface area contributed by atoms with Crippen LogP contribution >= 0.6 is 11.5 Å². The van der Waals surface area contributed by atoms with Crippen LogP contribution in [0.1, 0.15) is 19.4 Å². The predicted octanol–water partition coefficient (Wildman–Crippen LogP) is 3.17. The molecule has 5 heteroatoms. The molecule has 1 N–H and O–H groups in total. The first-order valence-electron chi connectivity index (χ1n) is 5.29. The summed E-state index contributed by atoms with van der Waals surface area (Å²) in [6, 6.07) is 1.91. The first-order chi connectivity index (χ1) is 7.66. The molecule has 2 aromatic rings. The van der Waals surface area contributed by atoms with Crippen LogP contribution in [0, 0.1) is 12.8 Å². The number of anilines is 1. The maximum absolute atomic E-state index is 5.34.